The third-order valence-electron chi connectivity index (χ3n) is 15.4. The average molecular weight is 821 g/mol. The van der Waals surface area contributed by atoms with Crippen LogP contribution < -0.4 is 10.9 Å². The van der Waals surface area contributed by atoms with Crippen LogP contribution >= 0.6 is 0 Å². The zero-order chi connectivity index (χ0) is 43.5. The highest BCUT2D eigenvalue weighted by Gasteiger charge is 2.53. The number of hydrogen-bond donors (Lipinski definition) is 0. The summed E-state index contributed by atoms with van der Waals surface area (Å²) in [5, 5.41) is 4.52. The summed E-state index contributed by atoms with van der Waals surface area (Å²) in [7, 11) is -0.771. The third-order valence-corrected chi connectivity index (χ3v) is 15.4. The van der Waals surface area contributed by atoms with Crippen LogP contribution in [0.5, 0.6) is 0 Å². The Morgan fingerprint density at radius 2 is 0.710 bits per heavy atom. The van der Waals surface area contributed by atoms with Gasteiger partial charge in [0.1, 0.15) is 22.3 Å². The minimum absolute atomic E-state index is 0.0348. The number of hydrogen-bond acceptors (Lipinski definition) is 6. The molecule has 0 radical (unpaired) electrons. The van der Waals surface area contributed by atoms with E-state index in [1.807, 2.05) is 6.07 Å². The second-order valence-corrected chi connectivity index (χ2v) is 21.0. The van der Waals surface area contributed by atoms with Crippen molar-refractivity contribution in [1.29, 1.82) is 0 Å². The van der Waals surface area contributed by atoms with E-state index in [1.54, 1.807) is 0 Å². The smallest absolute Gasteiger partial charge is 0.456 e. The van der Waals surface area contributed by atoms with Crippen molar-refractivity contribution < 1.29 is 27.5 Å². The van der Waals surface area contributed by atoms with Gasteiger partial charge in [-0.1, -0.05) is 100 Å². The number of benzene rings is 6. The van der Waals surface area contributed by atoms with Crippen LogP contribution in [-0.2, 0) is 29.4 Å². The molecule has 0 unspecified atom stereocenters. The molecule has 0 amide bonds. The first-order valence-corrected chi connectivity index (χ1v) is 22.1. The van der Waals surface area contributed by atoms with Gasteiger partial charge in [-0.05, 0) is 147 Å². The van der Waals surface area contributed by atoms with Crippen molar-refractivity contribution in [3.05, 3.63) is 131 Å². The standard InChI is InChI=1S/2C27H27BO3/c1-25(2)21-10-8-7-9-17(21)18-14-20-19-13-16(28-30-26(3,4)27(5,6)31-28)11-12-23(19)29-24(20)15-22(18)25;1-25(2)21-10-8-7-9-17(21)19-14-20-18-12-11-16(13-23(18)29-24(20)15-22(19)25)28-30-26(3,4)27(5,6)31-28/h2*7-15H,1-6H3. The number of furan rings is 2. The maximum atomic E-state index is 6.36. The molecule has 0 saturated carbocycles. The summed E-state index contributed by atoms with van der Waals surface area (Å²) in [5.74, 6) is 0. The highest BCUT2D eigenvalue weighted by atomic mass is 16.7. The first-order valence-electron chi connectivity index (χ1n) is 22.1. The maximum absolute atomic E-state index is 6.36. The first kappa shape index (κ1) is 39.7. The molecule has 0 atom stereocenters. The van der Waals surface area contributed by atoms with E-state index in [-0.39, 0.29) is 40.4 Å². The quantitative estimate of drug-likeness (QED) is 0.162. The van der Waals surface area contributed by atoms with Crippen LogP contribution in [0.2, 0.25) is 0 Å². The zero-order valence-corrected chi connectivity index (χ0v) is 38.0. The van der Waals surface area contributed by atoms with Gasteiger partial charge in [0.15, 0.2) is 0 Å². The molecule has 8 heteroatoms. The van der Waals surface area contributed by atoms with E-state index in [1.165, 1.54) is 44.5 Å². The Morgan fingerprint density at radius 3 is 1.21 bits per heavy atom. The minimum atomic E-state index is -0.390. The molecule has 8 aromatic rings. The van der Waals surface area contributed by atoms with Crippen molar-refractivity contribution in [1.82, 2.24) is 0 Å². The van der Waals surface area contributed by atoms with Crippen molar-refractivity contribution in [2.75, 3.05) is 0 Å². The van der Waals surface area contributed by atoms with E-state index < -0.39 is 7.12 Å². The predicted octanol–water partition coefficient (Wildman–Crippen LogP) is 12.4. The molecule has 4 aliphatic rings. The average Bonchev–Trinajstić information content (AvgIpc) is 3.99. The Bertz CT molecular complexity index is 3130. The van der Waals surface area contributed by atoms with Crippen LogP contribution in [0, 0.1) is 0 Å². The van der Waals surface area contributed by atoms with E-state index >= 15 is 0 Å². The normalized spacial score (nSPS) is 20.4. The van der Waals surface area contributed by atoms with Gasteiger partial charge in [0.2, 0.25) is 0 Å². The highest BCUT2D eigenvalue weighted by molar-refractivity contribution is 6.63. The van der Waals surface area contributed by atoms with Crippen LogP contribution in [0.15, 0.2) is 118 Å². The van der Waals surface area contributed by atoms with E-state index in [9.17, 15) is 0 Å². The summed E-state index contributed by atoms with van der Waals surface area (Å²) in [6, 6.07) is 39.1. The summed E-state index contributed by atoms with van der Waals surface area (Å²) >= 11 is 0. The molecule has 6 aromatic carbocycles. The van der Waals surface area contributed by atoms with Gasteiger partial charge in [-0.2, -0.15) is 0 Å². The summed E-state index contributed by atoms with van der Waals surface area (Å²) in [5.41, 5.74) is 14.8. The molecule has 4 heterocycles. The summed E-state index contributed by atoms with van der Waals surface area (Å²) in [4.78, 5) is 0. The molecule has 0 spiro atoms. The monoisotopic (exact) mass is 820 g/mol. The lowest BCUT2D eigenvalue weighted by Gasteiger charge is -2.32. The molecule has 2 aliphatic heterocycles. The molecule has 2 fully saturated rings. The molecular weight excluding hydrogens is 766 g/mol. The van der Waals surface area contributed by atoms with Crippen molar-refractivity contribution in [2.45, 2.75) is 116 Å². The fourth-order valence-electron chi connectivity index (χ4n) is 10.2. The van der Waals surface area contributed by atoms with Crippen LogP contribution in [0.1, 0.15) is 105 Å². The van der Waals surface area contributed by atoms with Gasteiger partial charge in [0.05, 0.1) is 22.4 Å². The Labute approximate surface area is 365 Å². The second-order valence-electron chi connectivity index (χ2n) is 21.0. The Kier molecular flexibility index (Phi) is 8.17. The SMILES string of the molecule is CC1(C)c2ccccc2-c2cc3c(cc21)oc1cc(B2OC(C)(C)C(C)(C)O2)ccc13.CC1(C)c2ccccc2-c2cc3c(cc21)oc1ccc(B2OC(C)(C)C(C)(C)O2)cc13. The van der Waals surface area contributed by atoms with E-state index in [4.69, 9.17) is 27.5 Å². The fraction of sp³-hybridized carbons (Fsp3) is 0.333. The summed E-state index contributed by atoms with van der Waals surface area (Å²) in [6.45, 7) is 25.8. The number of rotatable bonds is 2. The molecule has 12 rings (SSSR count). The lowest BCUT2D eigenvalue weighted by Crippen LogP contribution is -2.41. The molecule has 62 heavy (non-hydrogen) atoms. The minimum Gasteiger partial charge on any atom is -0.456 e. The molecule has 312 valence electrons. The third kappa shape index (κ3) is 5.59. The molecular formula is C54H54B2O6. The molecule has 0 N–H and O–H groups in total. The largest absolute Gasteiger partial charge is 0.494 e. The summed E-state index contributed by atoms with van der Waals surface area (Å²) < 4.78 is 37.7. The first-order chi connectivity index (χ1) is 29.2. The Morgan fingerprint density at radius 1 is 0.323 bits per heavy atom. The van der Waals surface area contributed by atoms with Crippen LogP contribution in [0.4, 0.5) is 0 Å². The molecule has 6 nitrogen and oxygen atoms in total. The fourth-order valence-corrected chi connectivity index (χ4v) is 10.2. The van der Waals surface area contributed by atoms with Gasteiger partial charge in [-0.15, -0.1) is 0 Å². The van der Waals surface area contributed by atoms with Gasteiger partial charge in [-0.25, -0.2) is 0 Å². The van der Waals surface area contributed by atoms with Crippen molar-refractivity contribution in [3.8, 4) is 22.3 Å². The van der Waals surface area contributed by atoms with Gasteiger partial charge in [0, 0.05) is 32.4 Å². The van der Waals surface area contributed by atoms with Crippen LogP contribution in [0.3, 0.4) is 0 Å². The van der Waals surface area contributed by atoms with E-state index in [2.05, 4.69) is 186 Å². The molecule has 2 saturated heterocycles. The van der Waals surface area contributed by atoms with Crippen molar-refractivity contribution >= 4 is 69.0 Å². The van der Waals surface area contributed by atoms with Crippen molar-refractivity contribution in [3.63, 3.8) is 0 Å². The number of fused-ring (bicyclic) bond motifs is 12. The van der Waals surface area contributed by atoms with Crippen LogP contribution in [-0.4, -0.2) is 36.6 Å². The maximum Gasteiger partial charge on any atom is 0.494 e. The van der Waals surface area contributed by atoms with Crippen molar-refractivity contribution in [2.24, 2.45) is 0 Å². The van der Waals surface area contributed by atoms with E-state index in [0.29, 0.717) is 0 Å². The van der Waals surface area contributed by atoms with Gasteiger partial charge in [0.25, 0.3) is 0 Å². The lowest BCUT2D eigenvalue weighted by atomic mass is 9.78. The van der Waals surface area contributed by atoms with E-state index in [0.717, 1.165) is 54.8 Å². The topological polar surface area (TPSA) is 63.2 Å². The van der Waals surface area contributed by atoms with Gasteiger partial charge in [-0.3, -0.25) is 0 Å². The predicted molar refractivity (Wildman–Crippen MR) is 254 cm³/mol. The Hall–Kier alpha value is -5.11. The van der Waals surface area contributed by atoms with Gasteiger partial charge < -0.3 is 27.5 Å². The Balaban J connectivity index is 0.000000139. The molecule has 0 bridgehead atoms. The molecule has 2 aromatic heterocycles. The molecule has 2 aliphatic carbocycles. The van der Waals surface area contributed by atoms with Crippen LogP contribution in [0.25, 0.3) is 66.1 Å². The second kappa shape index (κ2) is 12.8. The lowest BCUT2D eigenvalue weighted by molar-refractivity contribution is 0.00578. The zero-order valence-electron chi connectivity index (χ0n) is 38.0. The summed E-state index contributed by atoms with van der Waals surface area (Å²) in [6.07, 6.45) is 0. The van der Waals surface area contributed by atoms with Gasteiger partial charge >= 0.3 is 14.2 Å². The highest BCUT2D eigenvalue weighted by Crippen LogP contribution is 2.52.